The third-order valence-electron chi connectivity index (χ3n) is 4.49. The molecule has 3 rings (SSSR count). The molecule has 0 radical (unpaired) electrons. The molecule has 1 heterocycles. The van der Waals surface area contributed by atoms with Gasteiger partial charge in [-0.1, -0.05) is 29.8 Å². The molecule has 2 fully saturated rings. The van der Waals surface area contributed by atoms with Crippen LogP contribution in [0, 0.1) is 12.8 Å². The number of ether oxygens (including phenoxy) is 2. The van der Waals surface area contributed by atoms with Crippen LogP contribution in [-0.4, -0.2) is 32.4 Å². The molecule has 1 aromatic carbocycles. The molecular weight excluding hydrogens is 262 g/mol. The predicted octanol–water partition coefficient (Wildman–Crippen LogP) is 3.23. The molecule has 3 nitrogen and oxygen atoms in total. The van der Waals surface area contributed by atoms with Crippen molar-refractivity contribution in [2.75, 3.05) is 26.4 Å². The molecule has 1 saturated heterocycles. The van der Waals surface area contributed by atoms with Crippen molar-refractivity contribution < 1.29 is 9.47 Å². The number of hydrogen-bond donors (Lipinski definition) is 1. The summed E-state index contributed by atoms with van der Waals surface area (Å²) in [6.45, 7) is 5.70. The number of rotatable bonds is 7. The van der Waals surface area contributed by atoms with Gasteiger partial charge in [0.1, 0.15) is 0 Å². The topological polar surface area (TPSA) is 30.5 Å². The summed E-state index contributed by atoms with van der Waals surface area (Å²) in [5, 5.41) is 3.61. The predicted molar refractivity (Wildman–Crippen MR) is 84.4 cm³/mol. The molecule has 1 N–H and O–H groups in total. The lowest BCUT2D eigenvalue weighted by atomic mass is 10.0. The Hall–Kier alpha value is -0.900. The Balaban J connectivity index is 1.55. The van der Waals surface area contributed by atoms with Crippen molar-refractivity contribution in [2.24, 2.45) is 5.92 Å². The molecule has 0 amide bonds. The highest BCUT2D eigenvalue weighted by molar-refractivity contribution is 5.23. The summed E-state index contributed by atoms with van der Waals surface area (Å²) in [5.41, 5.74) is 2.60. The summed E-state index contributed by atoms with van der Waals surface area (Å²) in [5.74, 6) is 0.660. The minimum Gasteiger partial charge on any atom is -0.381 e. The quantitative estimate of drug-likeness (QED) is 0.836. The minimum absolute atomic E-state index is 0.175. The van der Waals surface area contributed by atoms with E-state index >= 15 is 0 Å². The number of hydrogen-bond acceptors (Lipinski definition) is 3. The average Bonchev–Trinajstić information content (AvgIpc) is 3.34. The number of benzene rings is 1. The summed E-state index contributed by atoms with van der Waals surface area (Å²) in [6.07, 6.45) is 5.09. The Bertz CT molecular complexity index is 421. The van der Waals surface area contributed by atoms with Crippen LogP contribution in [0.4, 0.5) is 0 Å². The second kappa shape index (κ2) is 7.39. The van der Waals surface area contributed by atoms with Crippen LogP contribution in [0.2, 0.25) is 0 Å². The van der Waals surface area contributed by atoms with E-state index < -0.39 is 0 Å². The van der Waals surface area contributed by atoms with Gasteiger partial charge in [0.2, 0.25) is 0 Å². The monoisotopic (exact) mass is 289 g/mol. The molecule has 21 heavy (non-hydrogen) atoms. The zero-order valence-electron chi connectivity index (χ0n) is 13.0. The SMILES string of the molecule is Cc1ccc(C(CNC2CC2)OCC2CCOCC2)cc1. The van der Waals surface area contributed by atoms with Gasteiger partial charge in [-0.15, -0.1) is 0 Å². The molecule has 1 unspecified atom stereocenters. The van der Waals surface area contributed by atoms with Crippen LogP contribution >= 0.6 is 0 Å². The molecule has 1 saturated carbocycles. The van der Waals surface area contributed by atoms with Gasteiger partial charge in [-0.25, -0.2) is 0 Å². The molecule has 1 aliphatic carbocycles. The smallest absolute Gasteiger partial charge is 0.0949 e. The van der Waals surface area contributed by atoms with Gasteiger partial charge in [0.25, 0.3) is 0 Å². The van der Waals surface area contributed by atoms with Gasteiger partial charge in [0.15, 0.2) is 0 Å². The van der Waals surface area contributed by atoms with Gasteiger partial charge >= 0.3 is 0 Å². The van der Waals surface area contributed by atoms with E-state index in [2.05, 4.69) is 36.5 Å². The molecule has 116 valence electrons. The molecule has 1 atom stereocenters. The maximum Gasteiger partial charge on any atom is 0.0949 e. The van der Waals surface area contributed by atoms with E-state index in [1.807, 2.05) is 0 Å². The summed E-state index contributed by atoms with van der Waals surface area (Å²) in [7, 11) is 0. The lowest BCUT2D eigenvalue weighted by Gasteiger charge is -2.25. The standard InChI is InChI=1S/C18H27NO2/c1-14-2-4-16(5-3-14)18(12-19-17-6-7-17)21-13-15-8-10-20-11-9-15/h2-5,15,17-19H,6-13H2,1H3. The number of nitrogens with one attached hydrogen (secondary N) is 1. The van der Waals surface area contributed by atoms with Gasteiger partial charge in [0.05, 0.1) is 12.7 Å². The zero-order valence-corrected chi connectivity index (χ0v) is 13.0. The molecule has 0 spiro atoms. The molecule has 0 bridgehead atoms. The Morgan fingerprint density at radius 1 is 1.14 bits per heavy atom. The normalized spacial score (nSPS) is 21.4. The van der Waals surface area contributed by atoms with Crippen molar-refractivity contribution in [1.82, 2.24) is 5.32 Å². The van der Waals surface area contributed by atoms with Gasteiger partial charge in [-0.2, -0.15) is 0 Å². The van der Waals surface area contributed by atoms with Crippen LogP contribution in [0.3, 0.4) is 0 Å². The van der Waals surface area contributed by atoms with E-state index in [1.54, 1.807) is 0 Å². The molecular formula is C18H27NO2. The van der Waals surface area contributed by atoms with Crippen molar-refractivity contribution in [3.63, 3.8) is 0 Å². The highest BCUT2D eigenvalue weighted by atomic mass is 16.5. The highest BCUT2D eigenvalue weighted by Crippen LogP contribution is 2.24. The van der Waals surface area contributed by atoms with Crippen molar-refractivity contribution >= 4 is 0 Å². The summed E-state index contributed by atoms with van der Waals surface area (Å²) in [4.78, 5) is 0. The molecule has 1 aliphatic heterocycles. The summed E-state index contributed by atoms with van der Waals surface area (Å²) in [6, 6.07) is 9.50. The van der Waals surface area contributed by atoms with E-state index in [1.165, 1.54) is 24.0 Å². The fraction of sp³-hybridized carbons (Fsp3) is 0.667. The van der Waals surface area contributed by atoms with Crippen LogP contribution in [0.1, 0.15) is 42.9 Å². The maximum absolute atomic E-state index is 6.27. The van der Waals surface area contributed by atoms with E-state index in [9.17, 15) is 0 Å². The van der Waals surface area contributed by atoms with E-state index in [0.717, 1.165) is 45.2 Å². The Morgan fingerprint density at radius 2 is 1.86 bits per heavy atom. The van der Waals surface area contributed by atoms with Gasteiger partial charge in [0, 0.05) is 25.8 Å². The maximum atomic E-state index is 6.27. The van der Waals surface area contributed by atoms with Crippen LogP contribution in [-0.2, 0) is 9.47 Å². The zero-order chi connectivity index (χ0) is 14.5. The van der Waals surface area contributed by atoms with Crippen LogP contribution < -0.4 is 5.32 Å². The third kappa shape index (κ3) is 4.80. The Morgan fingerprint density at radius 3 is 2.52 bits per heavy atom. The fourth-order valence-electron chi connectivity index (χ4n) is 2.78. The lowest BCUT2D eigenvalue weighted by molar-refractivity contribution is -0.0115. The fourth-order valence-corrected chi connectivity index (χ4v) is 2.78. The van der Waals surface area contributed by atoms with E-state index in [0.29, 0.717) is 5.92 Å². The Labute approximate surface area is 128 Å². The van der Waals surface area contributed by atoms with Gasteiger partial charge in [-0.3, -0.25) is 0 Å². The second-order valence-corrected chi connectivity index (χ2v) is 6.47. The minimum atomic E-state index is 0.175. The molecule has 3 heteroatoms. The first-order valence-electron chi connectivity index (χ1n) is 8.30. The second-order valence-electron chi connectivity index (χ2n) is 6.47. The highest BCUT2D eigenvalue weighted by Gasteiger charge is 2.23. The van der Waals surface area contributed by atoms with Gasteiger partial charge in [-0.05, 0) is 44.1 Å². The van der Waals surface area contributed by atoms with Crippen LogP contribution in [0.5, 0.6) is 0 Å². The average molecular weight is 289 g/mol. The molecule has 0 aromatic heterocycles. The van der Waals surface area contributed by atoms with Gasteiger partial charge < -0.3 is 14.8 Å². The first kappa shape index (κ1) is 15.0. The summed E-state index contributed by atoms with van der Waals surface area (Å²) < 4.78 is 11.7. The van der Waals surface area contributed by atoms with Crippen LogP contribution in [0.15, 0.2) is 24.3 Å². The van der Waals surface area contributed by atoms with Crippen molar-refractivity contribution in [3.05, 3.63) is 35.4 Å². The third-order valence-corrected chi connectivity index (χ3v) is 4.49. The van der Waals surface area contributed by atoms with E-state index in [-0.39, 0.29) is 6.10 Å². The number of aryl methyl sites for hydroxylation is 1. The molecule has 2 aliphatic rings. The largest absolute Gasteiger partial charge is 0.381 e. The Kier molecular flexibility index (Phi) is 5.28. The lowest BCUT2D eigenvalue weighted by Crippen LogP contribution is -2.28. The summed E-state index contributed by atoms with van der Waals surface area (Å²) >= 11 is 0. The van der Waals surface area contributed by atoms with E-state index in [4.69, 9.17) is 9.47 Å². The van der Waals surface area contributed by atoms with Crippen LogP contribution in [0.25, 0.3) is 0 Å². The first-order chi connectivity index (χ1) is 10.3. The molecule has 1 aromatic rings. The van der Waals surface area contributed by atoms with Crippen molar-refractivity contribution in [2.45, 2.75) is 44.8 Å². The van der Waals surface area contributed by atoms with Crippen molar-refractivity contribution in [1.29, 1.82) is 0 Å². The first-order valence-corrected chi connectivity index (χ1v) is 8.30. The van der Waals surface area contributed by atoms with Crippen molar-refractivity contribution in [3.8, 4) is 0 Å².